The molecule has 0 saturated carbocycles. The fourth-order valence-electron chi connectivity index (χ4n) is 1.28. The molecular weight excluding hydrogens is 141 g/mol. The third-order valence-corrected chi connectivity index (χ3v) is 2.16. The molecule has 1 N–H and O–H groups in total. The quantitative estimate of drug-likeness (QED) is 0.321. The molecule has 0 bridgehead atoms. The Kier molecular flexibility index (Phi) is 9.56. The number of nitrogens with one attached hydrogen (secondary N) is 1. The molecule has 0 atom stereocenters. The van der Waals surface area contributed by atoms with Gasteiger partial charge >= 0.3 is 85.8 Å². The molecule has 0 radical (unpaired) electrons. The molecule has 0 aliphatic heterocycles. The zero-order valence-electron chi connectivity index (χ0n) is 8.66. The van der Waals surface area contributed by atoms with Gasteiger partial charge in [-0.05, 0) is 0 Å². The predicted molar refractivity (Wildman–Crippen MR) is 56.3 cm³/mol. The van der Waals surface area contributed by atoms with E-state index in [2.05, 4.69) is 24.6 Å². The molecule has 66 valence electrons. The van der Waals surface area contributed by atoms with Gasteiger partial charge in [-0.25, -0.2) is 0 Å². The van der Waals surface area contributed by atoms with Gasteiger partial charge in [0.25, 0.3) is 0 Å². The van der Waals surface area contributed by atoms with Crippen molar-refractivity contribution < 1.29 is 0 Å². The maximum atomic E-state index is 7.63. The van der Waals surface area contributed by atoms with Crippen molar-refractivity contribution in [3.8, 4) is 0 Å². The standard InChI is InChI=1S/C10H20N.Li/c1-3-5-6-7-9-10(11)8-4-2;/h11H,2-9H2,1H3;. The van der Waals surface area contributed by atoms with Gasteiger partial charge in [0.2, 0.25) is 0 Å². The zero-order chi connectivity index (χ0) is 9.23. The molecule has 2 heteroatoms. The van der Waals surface area contributed by atoms with Crippen LogP contribution in [0.2, 0.25) is 5.09 Å². The van der Waals surface area contributed by atoms with Crippen molar-refractivity contribution in [3.05, 3.63) is 0 Å². The van der Waals surface area contributed by atoms with Gasteiger partial charge in [-0.1, -0.05) is 0 Å². The monoisotopic (exact) mass is 161 g/mol. The summed E-state index contributed by atoms with van der Waals surface area (Å²) in [5.41, 5.74) is 0.966. The van der Waals surface area contributed by atoms with Crippen LogP contribution in [0.1, 0.15) is 51.9 Å². The molecule has 0 rings (SSSR count). The van der Waals surface area contributed by atoms with Gasteiger partial charge < -0.3 is 0 Å². The molecule has 0 aromatic carbocycles. The van der Waals surface area contributed by atoms with Gasteiger partial charge in [0.1, 0.15) is 0 Å². The third kappa shape index (κ3) is 8.36. The van der Waals surface area contributed by atoms with Crippen molar-refractivity contribution in [1.82, 2.24) is 0 Å². The fourth-order valence-corrected chi connectivity index (χ4v) is 1.28. The van der Waals surface area contributed by atoms with Crippen molar-refractivity contribution in [3.63, 3.8) is 0 Å². The minimum atomic E-state index is 0.966. The van der Waals surface area contributed by atoms with E-state index in [0.717, 1.165) is 18.6 Å². The molecule has 0 aliphatic rings. The van der Waals surface area contributed by atoms with E-state index in [9.17, 15) is 0 Å². The molecule has 0 aliphatic carbocycles. The molecular formula is C10H20LiN. The van der Waals surface area contributed by atoms with Crippen molar-refractivity contribution in [2.45, 2.75) is 57.0 Å². The van der Waals surface area contributed by atoms with E-state index in [0.29, 0.717) is 0 Å². The Balaban J connectivity index is 3.08. The van der Waals surface area contributed by atoms with Crippen LogP contribution in [0.15, 0.2) is 0 Å². The summed E-state index contributed by atoms with van der Waals surface area (Å²) in [6, 6.07) is 0. The van der Waals surface area contributed by atoms with Crippen molar-refractivity contribution in [2.75, 3.05) is 0 Å². The molecule has 0 spiro atoms. The van der Waals surface area contributed by atoms with E-state index in [1.807, 2.05) is 0 Å². The molecule has 0 aromatic heterocycles. The van der Waals surface area contributed by atoms with Crippen LogP contribution in [0.3, 0.4) is 0 Å². The van der Waals surface area contributed by atoms with Crippen LogP contribution < -0.4 is 0 Å². The SMILES string of the molecule is [Li][CH2]CCC(=N)CCCCCC. The Hall–Kier alpha value is 0.267. The summed E-state index contributed by atoms with van der Waals surface area (Å²) in [5.74, 6) is 0. The second-order valence-electron chi connectivity index (χ2n) is 3.52. The first-order valence-corrected chi connectivity index (χ1v) is 5.37. The Labute approximate surface area is 86.0 Å². The average Bonchev–Trinajstić information content (AvgIpc) is 2.09. The first-order valence-electron chi connectivity index (χ1n) is 5.37. The van der Waals surface area contributed by atoms with Crippen LogP contribution >= 0.6 is 0 Å². The number of hydrogen-bond acceptors (Lipinski definition) is 1. The summed E-state index contributed by atoms with van der Waals surface area (Å²) in [6.07, 6.45) is 8.44. The van der Waals surface area contributed by atoms with Crippen LogP contribution in [-0.4, -0.2) is 23.4 Å². The predicted octanol–water partition coefficient (Wildman–Crippen LogP) is 3.34. The van der Waals surface area contributed by atoms with E-state index in [-0.39, 0.29) is 0 Å². The topological polar surface area (TPSA) is 23.9 Å². The summed E-state index contributed by atoms with van der Waals surface area (Å²) >= 11 is 2.18. The van der Waals surface area contributed by atoms with Crippen LogP contribution in [0.25, 0.3) is 0 Å². The molecule has 0 aromatic rings. The summed E-state index contributed by atoms with van der Waals surface area (Å²) in [4.78, 5) is 0. The summed E-state index contributed by atoms with van der Waals surface area (Å²) in [6.45, 7) is 2.22. The van der Waals surface area contributed by atoms with E-state index in [1.165, 1.54) is 37.2 Å². The zero-order valence-corrected chi connectivity index (χ0v) is 8.66. The first kappa shape index (κ1) is 12.3. The maximum absolute atomic E-state index is 7.63. The van der Waals surface area contributed by atoms with Crippen LogP contribution in [0, 0.1) is 5.41 Å². The Morgan fingerprint density at radius 2 is 1.75 bits per heavy atom. The van der Waals surface area contributed by atoms with E-state index in [4.69, 9.17) is 5.41 Å². The summed E-state index contributed by atoms with van der Waals surface area (Å²) in [7, 11) is 0. The number of unbranched alkanes of at least 4 members (excludes halogenated alkanes) is 3. The number of rotatable bonds is 8. The molecule has 1 nitrogen and oxygen atoms in total. The number of hydrogen-bond donors (Lipinski definition) is 1. The van der Waals surface area contributed by atoms with Crippen molar-refractivity contribution >= 4 is 23.4 Å². The molecule has 0 amide bonds. The molecule has 12 heavy (non-hydrogen) atoms. The summed E-state index contributed by atoms with van der Waals surface area (Å²) in [5, 5.41) is 8.85. The third-order valence-electron chi connectivity index (χ3n) is 2.16. The minimum absolute atomic E-state index is 0.966. The molecule has 0 saturated heterocycles. The normalized spacial score (nSPS) is 10.2. The van der Waals surface area contributed by atoms with E-state index >= 15 is 0 Å². The fraction of sp³-hybridized carbons (Fsp3) is 0.900. The second kappa shape index (κ2) is 9.36. The second-order valence-corrected chi connectivity index (χ2v) is 3.52. The molecule has 0 fully saturated rings. The Morgan fingerprint density at radius 3 is 2.33 bits per heavy atom. The molecule has 0 unspecified atom stereocenters. The van der Waals surface area contributed by atoms with Crippen LogP contribution in [-0.2, 0) is 0 Å². The van der Waals surface area contributed by atoms with Gasteiger partial charge in [0.05, 0.1) is 0 Å². The van der Waals surface area contributed by atoms with Gasteiger partial charge in [-0.15, -0.1) is 0 Å². The van der Waals surface area contributed by atoms with E-state index in [1.54, 1.807) is 0 Å². The first-order chi connectivity index (χ1) is 5.81. The van der Waals surface area contributed by atoms with Gasteiger partial charge in [0.15, 0.2) is 0 Å². The van der Waals surface area contributed by atoms with Crippen molar-refractivity contribution in [2.24, 2.45) is 0 Å². The van der Waals surface area contributed by atoms with Gasteiger partial charge in [0, 0.05) is 0 Å². The Morgan fingerprint density at radius 1 is 1.08 bits per heavy atom. The van der Waals surface area contributed by atoms with E-state index < -0.39 is 0 Å². The van der Waals surface area contributed by atoms with Crippen molar-refractivity contribution in [1.29, 1.82) is 5.41 Å². The average molecular weight is 161 g/mol. The van der Waals surface area contributed by atoms with Crippen LogP contribution in [0.5, 0.6) is 0 Å². The Bertz CT molecular complexity index is 112. The van der Waals surface area contributed by atoms with Gasteiger partial charge in [-0.3, -0.25) is 0 Å². The molecule has 0 heterocycles. The van der Waals surface area contributed by atoms with Crippen LogP contribution in [0.4, 0.5) is 0 Å². The summed E-state index contributed by atoms with van der Waals surface area (Å²) < 4.78 is 0. The van der Waals surface area contributed by atoms with Gasteiger partial charge in [-0.2, -0.15) is 0 Å².